The normalized spacial score (nSPS) is 41.9. The third-order valence-corrected chi connectivity index (χ3v) is 4.04. The van der Waals surface area contributed by atoms with Crippen LogP contribution in [-0.4, -0.2) is 10.9 Å². The van der Waals surface area contributed by atoms with Gasteiger partial charge in [-0.3, -0.25) is 4.79 Å². The van der Waals surface area contributed by atoms with Crippen LogP contribution in [0.4, 0.5) is 0 Å². The minimum atomic E-state index is 0.284. The minimum Gasteiger partial charge on any atom is -0.288 e. The van der Waals surface area contributed by atoms with Crippen LogP contribution in [0.15, 0.2) is 0 Å². The fourth-order valence-electron chi connectivity index (χ4n) is 1.89. The lowest BCUT2D eigenvalue weighted by molar-refractivity contribution is -0.109. The number of hydrogen-bond acceptors (Lipinski definition) is 2. The zero-order valence-electron chi connectivity index (χ0n) is 6.22. The molecule has 0 bridgehead atoms. The number of rotatable bonds is 2. The van der Waals surface area contributed by atoms with Crippen LogP contribution in [0.2, 0.25) is 0 Å². The maximum absolute atomic E-state index is 10.6. The largest absolute Gasteiger partial charge is 0.288 e. The molecular formula is C8H12OS. The van der Waals surface area contributed by atoms with Crippen LogP contribution < -0.4 is 0 Å². The first-order chi connectivity index (χ1) is 4.73. The summed E-state index contributed by atoms with van der Waals surface area (Å²) in [6, 6.07) is 0. The van der Waals surface area contributed by atoms with Crippen LogP contribution in [0.25, 0.3) is 0 Å². The van der Waals surface area contributed by atoms with Crippen molar-refractivity contribution in [3.8, 4) is 0 Å². The molecule has 1 nitrogen and oxygen atoms in total. The number of carbonyl (C=O) groups is 1. The molecule has 2 heteroatoms. The molecule has 0 aromatic carbocycles. The number of hydrogen-bond donors (Lipinski definition) is 0. The minimum absolute atomic E-state index is 0.284. The summed E-state index contributed by atoms with van der Waals surface area (Å²) < 4.78 is 0. The van der Waals surface area contributed by atoms with E-state index in [0.717, 1.165) is 11.7 Å². The summed E-state index contributed by atoms with van der Waals surface area (Å²) >= 11 is 1.52. The van der Waals surface area contributed by atoms with Gasteiger partial charge in [0.25, 0.3) is 0 Å². The van der Waals surface area contributed by atoms with E-state index < -0.39 is 0 Å². The first-order valence-corrected chi connectivity index (χ1v) is 4.85. The van der Waals surface area contributed by atoms with Crippen molar-refractivity contribution in [3.63, 3.8) is 0 Å². The monoisotopic (exact) mass is 156 g/mol. The van der Waals surface area contributed by atoms with E-state index in [0.29, 0.717) is 5.41 Å². The second kappa shape index (κ2) is 2.00. The van der Waals surface area contributed by atoms with E-state index in [2.05, 4.69) is 0 Å². The Kier molecular flexibility index (Phi) is 1.34. The van der Waals surface area contributed by atoms with Crippen molar-refractivity contribution < 1.29 is 4.79 Å². The van der Waals surface area contributed by atoms with Gasteiger partial charge in [0.15, 0.2) is 5.12 Å². The van der Waals surface area contributed by atoms with E-state index in [1.165, 1.54) is 31.0 Å². The first-order valence-electron chi connectivity index (χ1n) is 3.86. The van der Waals surface area contributed by atoms with Crippen LogP contribution in [0.1, 0.15) is 26.2 Å². The highest BCUT2D eigenvalue weighted by Gasteiger charge is 2.60. The Balaban J connectivity index is 1.77. The molecule has 0 spiro atoms. The summed E-state index contributed by atoms with van der Waals surface area (Å²) in [4.78, 5) is 10.6. The molecule has 0 aliphatic heterocycles. The molecule has 10 heavy (non-hydrogen) atoms. The highest BCUT2D eigenvalue weighted by Crippen LogP contribution is 2.68. The van der Waals surface area contributed by atoms with E-state index in [4.69, 9.17) is 0 Å². The van der Waals surface area contributed by atoms with Gasteiger partial charge in [0, 0.05) is 12.7 Å². The highest BCUT2D eigenvalue weighted by atomic mass is 32.2. The van der Waals surface area contributed by atoms with Gasteiger partial charge in [0.05, 0.1) is 0 Å². The molecule has 2 aliphatic rings. The van der Waals surface area contributed by atoms with Crippen LogP contribution in [0, 0.1) is 11.3 Å². The molecule has 2 unspecified atom stereocenters. The van der Waals surface area contributed by atoms with Gasteiger partial charge >= 0.3 is 0 Å². The zero-order chi connectivity index (χ0) is 7.19. The first kappa shape index (κ1) is 6.71. The average molecular weight is 156 g/mol. The summed E-state index contributed by atoms with van der Waals surface area (Å²) in [6.07, 6.45) is 4.23. The number of fused-ring (bicyclic) bond motifs is 1. The van der Waals surface area contributed by atoms with Crippen molar-refractivity contribution in [1.82, 2.24) is 0 Å². The fourth-order valence-corrected chi connectivity index (χ4v) is 2.88. The lowest BCUT2D eigenvalue weighted by Gasteiger charge is -2.23. The molecule has 2 saturated carbocycles. The Labute approximate surface area is 65.6 Å². The van der Waals surface area contributed by atoms with E-state index >= 15 is 0 Å². The van der Waals surface area contributed by atoms with E-state index in [-0.39, 0.29) is 5.12 Å². The van der Waals surface area contributed by atoms with Gasteiger partial charge in [-0.2, -0.15) is 0 Å². The smallest absolute Gasteiger partial charge is 0.185 e. The topological polar surface area (TPSA) is 17.1 Å². The lowest BCUT2D eigenvalue weighted by atomic mass is 9.87. The molecule has 56 valence electrons. The second-order valence-corrected chi connectivity index (χ2v) is 4.73. The molecule has 0 amide bonds. The molecule has 2 rings (SSSR count). The molecule has 0 radical (unpaired) electrons. The Morgan fingerprint density at radius 2 is 2.60 bits per heavy atom. The Morgan fingerprint density at radius 1 is 1.80 bits per heavy atom. The molecule has 0 aromatic rings. The van der Waals surface area contributed by atoms with Gasteiger partial charge < -0.3 is 0 Å². The number of thioether (sulfide) groups is 1. The van der Waals surface area contributed by atoms with Crippen molar-refractivity contribution in [2.75, 3.05) is 5.75 Å². The Hall–Kier alpha value is 0.0200. The standard InChI is InChI=1S/C8H12OS/c1-6(9)10-5-8-3-2-7(8)4-8/h7H,2-5H2,1H3. The van der Waals surface area contributed by atoms with Gasteiger partial charge in [-0.1, -0.05) is 11.8 Å². The average Bonchev–Trinajstić information content (AvgIpc) is 2.33. The zero-order valence-corrected chi connectivity index (χ0v) is 7.04. The third kappa shape index (κ3) is 0.895. The van der Waals surface area contributed by atoms with Gasteiger partial charge in [-0.15, -0.1) is 0 Å². The van der Waals surface area contributed by atoms with Crippen molar-refractivity contribution in [3.05, 3.63) is 0 Å². The molecular weight excluding hydrogens is 144 g/mol. The third-order valence-electron chi connectivity index (χ3n) is 2.91. The van der Waals surface area contributed by atoms with Gasteiger partial charge in [0.1, 0.15) is 0 Å². The molecule has 2 atom stereocenters. The van der Waals surface area contributed by atoms with Gasteiger partial charge in [0.2, 0.25) is 0 Å². The molecule has 2 fully saturated rings. The molecule has 0 saturated heterocycles. The van der Waals surface area contributed by atoms with Crippen LogP contribution in [-0.2, 0) is 4.79 Å². The van der Waals surface area contributed by atoms with Gasteiger partial charge in [-0.25, -0.2) is 0 Å². The summed E-state index contributed by atoms with van der Waals surface area (Å²) in [6.45, 7) is 1.66. The number of carbonyl (C=O) groups excluding carboxylic acids is 1. The summed E-state index contributed by atoms with van der Waals surface area (Å²) in [5.41, 5.74) is 0.663. The Morgan fingerprint density at radius 3 is 2.90 bits per heavy atom. The van der Waals surface area contributed by atoms with E-state index in [1.54, 1.807) is 6.92 Å². The summed E-state index contributed by atoms with van der Waals surface area (Å²) in [5, 5.41) is 0.284. The maximum Gasteiger partial charge on any atom is 0.185 e. The van der Waals surface area contributed by atoms with Gasteiger partial charge in [-0.05, 0) is 30.6 Å². The van der Waals surface area contributed by atoms with Crippen molar-refractivity contribution in [2.45, 2.75) is 26.2 Å². The van der Waals surface area contributed by atoms with Crippen molar-refractivity contribution >= 4 is 16.9 Å². The maximum atomic E-state index is 10.6. The predicted octanol–water partition coefficient (Wildman–Crippen LogP) is 2.07. The second-order valence-electron chi connectivity index (χ2n) is 3.58. The highest BCUT2D eigenvalue weighted by molar-refractivity contribution is 8.13. The quantitative estimate of drug-likeness (QED) is 0.608. The SMILES string of the molecule is CC(=O)SCC12CCC1C2. The summed E-state index contributed by atoms with van der Waals surface area (Å²) in [5.74, 6) is 2.12. The van der Waals surface area contributed by atoms with Crippen LogP contribution in [0.3, 0.4) is 0 Å². The summed E-state index contributed by atoms with van der Waals surface area (Å²) in [7, 11) is 0. The van der Waals surface area contributed by atoms with Crippen molar-refractivity contribution in [1.29, 1.82) is 0 Å². The Bertz CT molecular complexity index is 174. The van der Waals surface area contributed by atoms with E-state index in [1.807, 2.05) is 0 Å². The van der Waals surface area contributed by atoms with Crippen LogP contribution >= 0.6 is 11.8 Å². The fraction of sp³-hybridized carbons (Fsp3) is 0.875. The van der Waals surface area contributed by atoms with Crippen molar-refractivity contribution in [2.24, 2.45) is 11.3 Å². The van der Waals surface area contributed by atoms with Crippen LogP contribution in [0.5, 0.6) is 0 Å². The van der Waals surface area contributed by atoms with E-state index in [9.17, 15) is 4.79 Å². The lowest BCUT2D eigenvalue weighted by Crippen LogP contribution is -2.17. The molecule has 2 aliphatic carbocycles. The molecule has 0 aromatic heterocycles. The molecule has 0 heterocycles. The predicted molar refractivity (Wildman–Crippen MR) is 42.9 cm³/mol. The molecule has 0 N–H and O–H groups in total.